The smallest absolute Gasteiger partial charge is 0.257 e. The number of carbonyl (C=O) groups excluding carboxylic acids is 1. The van der Waals surface area contributed by atoms with Crippen molar-refractivity contribution in [1.82, 2.24) is 4.98 Å². The van der Waals surface area contributed by atoms with E-state index in [1.807, 2.05) is 55.5 Å². The fourth-order valence-corrected chi connectivity index (χ4v) is 2.91. The van der Waals surface area contributed by atoms with Crippen LogP contribution in [0.2, 0.25) is 0 Å². The molecule has 0 saturated carbocycles. The van der Waals surface area contributed by atoms with E-state index in [1.165, 1.54) is 0 Å². The van der Waals surface area contributed by atoms with Crippen molar-refractivity contribution >= 4 is 27.5 Å². The largest absolute Gasteiger partial charge is 0.497 e. The molecule has 0 saturated heterocycles. The molecule has 0 aliphatic carbocycles. The van der Waals surface area contributed by atoms with Crippen LogP contribution in [0.15, 0.2) is 65.1 Å². The van der Waals surface area contributed by atoms with Crippen LogP contribution >= 0.6 is 15.9 Å². The van der Waals surface area contributed by atoms with E-state index in [0.717, 1.165) is 15.7 Å². The number of halogens is 1. The van der Waals surface area contributed by atoms with Crippen molar-refractivity contribution in [3.63, 3.8) is 0 Å². The molecule has 1 N–H and O–H groups in total. The topological polar surface area (TPSA) is 51.2 Å². The van der Waals surface area contributed by atoms with Crippen LogP contribution in [0.25, 0.3) is 11.3 Å². The van der Waals surface area contributed by atoms with Crippen LogP contribution in [-0.4, -0.2) is 18.0 Å². The number of carbonyl (C=O) groups is 1. The molecule has 126 valence electrons. The molecule has 5 heteroatoms. The van der Waals surface area contributed by atoms with Gasteiger partial charge >= 0.3 is 0 Å². The van der Waals surface area contributed by atoms with Crippen molar-refractivity contribution in [2.75, 3.05) is 12.4 Å². The molecule has 2 aromatic carbocycles. The average molecular weight is 397 g/mol. The summed E-state index contributed by atoms with van der Waals surface area (Å²) in [6.07, 6.45) is 0. The summed E-state index contributed by atoms with van der Waals surface area (Å²) in [5, 5.41) is 2.88. The predicted molar refractivity (Wildman–Crippen MR) is 103 cm³/mol. The van der Waals surface area contributed by atoms with Gasteiger partial charge in [0.05, 0.1) is 24.1 Å². The van der Waals surface area contributed by atoms with Crippen molar-refractivity contribution in [3.8, 4) is 17.0 Å². The zero-order valence-electron chi connectivity index (χ0n) is 13.9. The summed E-state index contributed by atoms with van der Waals surface area (Å²) in [5.74, 6) is 0.497. The number of anilines is 1. The Balaban J connectivity index is 1.84. The number of hydrogen-bond acceptors (Lipinski definition) is 3. The van der Waals surface area contributed by atoms with Gasteiger partial charge in [-0.1, -0.05) is 34.1 Å². The van der Waals surface area contributed by atoms with Gasteiger partial charge in [0.25, 0.3) is 5.91 Å². The first-order valence-electron chi connectivity index (χ1n) is 7.76. The molecule has 0 unspecified atom stereocenters. The zero-order chi connectivity index (χ0) is 17.8. The molecular weight excluding hydrogens is 380 g/mol. The van der Waals surface area contributed by atoms with Crippen molar-refractivity contribution in [2.24, 2.45) is 0 Å². The number of amides is 1. The van der Waals surface area contributed by atoms with Gasteiger partial charge in [0, 0.05) is 21.8 Å². The van der Waals surface area contributed by atoms with E-state index < -0.39 is 0 Å². The second kappa shape index (κ2) is 7.49. The third-order valence-electron chi connectivity index (χ3n) is 3.78. The second-order valence-electron chi connectivity index (χ2n) is 5.53. The summed E-state index contributed by atoms with van der Waals surface area (Å²) in [6.45, 7) is 1.84. The lowest BCUT2D eigenvalue weighted by Crippen LogP contribution is -2.14. The summed E-state index contributed by atoms with van der Waals surface area (Å²) >= 11 is 3.46. The van der Waals surface area contributed by atoms with E-state index in [2.05, 4.69) is 26.2 Å². The Labute approximate surface area is 155 Å². The lowest BCUT2D eigenvalue weighted by atomic mass is 10.1. The Hall–Kier alpha value is -2.66. The molecule has 25 heavy (non-hydrogen) atoms. The zero-order valence-corrected chi connectivity index (χ0v) is 15.5. The van der Waals surface area contributed by atoms with Crippen molar-refractivity contribution in [1.29, 1.82) is 0 Å². The number of ether oxygens (including phenoxy) is 1. The number of aryl methyl sites for hydroxylation is 1. The average Bonchev–Trinajstić information content (AvgIpc) is 2.61. The number of nitrogens with zero attached hydrogens (tertiary/aromatic N) is 1. The van der Waals surface area contributed by atoms with Gasteiger partial charge in [-0.25, -0.2) is 0 Å². The third-order valence-corrected chi connectivity index (χ3v) is 4.27. The summed E-state index contributed by atoms with van der Waals surface area (Å²) in [5.41, 5.74) is 3.73. The minimum Gasteiger partial charge on any atom is -0.497 e. The van der Waals surface area contributed by atoms with Crippen LogP contribution in [-0.2, 0) is 0 Å². The van der Waals surface area contributed by atoms with E-state index in [4.69, 9.17) is 4.74 Å². The van der Waals surface area contributed by atoms with Gasteiger partial charge in [0.15, 0.2) is 0 Å². The van der Waals surface area contributed by atoms with Crippen LogP contribution in [0.1, 0.15) is 16.1 Å². The van der Waals surface area contributed by atoms with Gasteiger partial charge in [0.1, 0.15) is 5.75 Å². The monoisotopic (exact) mass is 396 g/mol. The number of nitrogens with one attached hydrogen (secondary N) is 1. The number of methoxy groups -OCH3 is 1. The Bertz CT molecular complexity index is 925. The van der Waals surface area contributed by atoms with Crippen molar-refractivity contribution in [2.45, 2.75) is 6.92 Å². The summed E-state index contributed by atoms with van der Waals surface area (Å²) in [7, 11) is 1.59. The Morgan fingerprint density at radius 3 is 2.60 bits per heavy atom. The number of aromatic nitrogens is 1. The molecule has 0 aliphatic heterocycles. The van der Waals surface area contributed by atoms with Crippen LogP contribution in [0, 0.1) is 6.92 Å². The normalized spacial score (nSPS) is 10.4. The molecule has 0 atom stereocenters. The molecule has 0 spiro atoms. The van der Waals surface area contributed by atoms with Gasteiger partial charge in [-0.2, -0.15) is 0 Å². The molecule has 3 rings (SSSR count). The standard InChI is InChI=1S/C20H17BrN2O2/c1-13-18(20(24)23-16-7-4-8-17(12-16)25-2)9-10-19(22-13)14-5-3-6-15(21)11-14/h3-12H,1-2H3,(H,23,24). The molecular formula is C20H17BrN2O2. The minimum atomic E-state index is -0.195. The fraction of sp³-hybridized carbons (Fsp3) is 0.100. The first kappa shape index (κ1) is 17.2. The summed E-state index contributed by atoms with van der Waals surface area (Å²) in [6, 6.07) is 18.8. The molecule has 1 aromatic heterocycles. The molecule has 0 fully saturated rings. The molecule has 3 aromatic rings. The first-order chi connectivity index (χ1) is 12.1. The maximum atomic E-state index is 12.5. The summed E-state index contributed by atoms with van der Waals surface area (Å²) in [4.78, 5) is 17.1. The molecule has 1 heterocycles. The highest BCUT2D eigenvalue weighted by Gasteiger charge is 2.12. The quantitative estimate of drug-likeness (QED) is 0.668. The van der Waals surface area contributed by atoms with E-state index in [9.17, 15) is 4.79 Å². The van der Waals surface area contributed by atoms with Crippen molar-refractivity contribution < 1.29 is 9.53 Å². The SMILES string of the molecule is COc1cccc(NC(=O)c2ccc(-c3cccc(Br)c3)nc2C)c1. The maximum absolute atomic E-state index is 12.5. The predicted octanol–water partition coefficient (Wildman–Crippen LogP) is 5.08. The van der Waals surface area contributed by atoms with E-state index in [-0.39, 0.29) is 5.91 Å². The fourth-order valence-electron chi connectivity index (χ4n) is 2.51. The lowest BCUT2D eigenvalue weighted by Gasteiger charge is -2.10. The van der Waals surface area contributed by atoms with E-state index in [1.54, 1.807) is 19.2 Å². The maximum Gasteiger partial charge on any atom is 0.257 e. The Morgan fingerprint density at radius 2 is 1.88 bits per heavy atom. The molecule has 4 nitrogen and oxygen atoms in total. The molecule has 0 radical (unpaired) electrons. The van der Waals surface area contributed by atoms with E-state index in [0.29, 0.717) is 22.7 Å². The number of pyridine rings is 1. The Kier molecular flexibility index (Phi) is 5.14. The minimum absolute atomic E-state index is 0.195. The Morgan fingerprint density at radius 1 is 1.08 bits per heavy atom. The van der Waals surface area contributed by atoms with Gasteiger partial charge in [0.2, 0.25) is 0 Å². The number of rotatable bonds is 4. The van der Waals surface area contributed by atoms with Crippen LogP contribution in [0.3, 0.4) is 0 Å². The van der Waals surface area contributed by atoms with Crippen molar-refractivity contribution in [3.05, 3.63) is 76.4 Å². The molecule has 1 amide bonds. The lowest BCUT2D eigenvalue weighted by molar-refractivity contribution is 0.102. The van der Waals surface area contributed by atoms with Gasteiger partial charge in [-0.15, -0.1) is 0 Å². The highest BCUT2D eigenvalue weighted by atomic mass is 79.9. The highest BCUT2D eigenvalue weighted by molar-refractivity contribution is 9.10. The highest BCUT2D eigenvalue weighted by Crippen LogP contribution is 2.23. The van der Waals surface area contributed by atoms with Crippen LogP contribution < -0.4 is 10.1 Å². The van der Waals surface area contributed by atoms with Crippen LogP contribution in [0.5, 0.6) is 5.75 Å². The molecule has 0 bridgehead atoms. The molecule has 0 aliphatic rings. The first-order valence-corrected chi connectivity index (χ1v) is 8.55. The number of benzene rings is 2. The van der Waals surface area contributed by atoms with E-state index >= 15 is 0 Å². The van der Waals surface area contributed by atoms with Crippen LogP contribution in [0.4, 0.5) is 5.69 Å². The number of hydrogen-bond donors (Lipinski definition) is 1. The summed E-state index contributed by atoms with van der Waals surface area (Å²) < 4.78 is 6.16. The van der Waals surface area contributed by atoms with Gasteiger partial charge < -0.3 is 10.1 Å². The second-order valence-corrected chi connectivity index (χ2v) is 6.44. The van der Waals surface area contributed by atoms with Gasteiger partial charge in [-0.05, 0) is 43.3 Å². The van der Waals surface area contributed by atoms with Gasteiger partial charge in [-0.3, -0.25) is 9.78 Å². The third kappa shape index (κ3) is 4.06.